The van der Waals surface area contributed by atoms with Crippen molar-refractivity contribution in [3.63, 3.8) is 0 Å². The van der Waals surface area contributed by atoms with Gasteiger partial charge < -0.3 is 14.8 Å². The third kappa shape index (κ3) is 3.94. The molecule has 0 amide bonds. The van der Waals surface area contributed by atoms with E-state index in [1.54, 1.807) is 0 Å². The molecular formula is C20H25N3O2. The number of benzene rings is 1. The number of hydrogen-bond donors (Lipinski definition) is 1. The van der Waals surface area contributed by atoms with Gasteiger partial charge in [-0.25, -0.2) is 0 Å². The Bertz CT molecular complexity index is 685. The Morgan fingerprint density at radius 2 is 2.04 bits per heavy atom. The van der Waals surface area contributed by atoms with Crippen molar-refractivity contribution in [1.29, 1.82) is 0 Å². The maximum absolute atomic E-state index is 5.72. The lowest BCUT2D eigenvalue weighted by molar-refractivity contribution is 0.154. The molecule has 2 aliphatic heterocycles. The quantitative estimate of drug-likeness (QED) is 0.907. The van der Waals surface area contributed by atoms with E-state index in [0.29, 0.717) is 12.8 Å². The first-order chi connectivity index (χ1) is 12.4. The fourth-order valence-electron chi connectivity index (χ4n) is 3.71. The van der Waals surface area contributed by atoms with Gasteiger partial charge in [-0.3, -0.25) is 9.88 Å². The fourth-order valence-corrected chi connectivity index (χ4v) is 3.71. The van der Waals surface area contributed by atoms with Crippen LogP contribution < -0.4 is 14.8 Å². The number of hydrogen-bond acceptors (Lipinski definition) is 5. The summed E-state index contributed by atoms with van der Waals surface area (Å²) < 4.78 is 11.3. The molecule has 1 saturated heterocycles. The fraction of sp³-hybridized carbons (Fsp3) is 0.450. The molecule has 0 saturated carbocycles. The highest BCUT2D eigenvalue weighted by Crippen LogP contribution is 2.36. The highest BCUT2D eigenvalue weighted by Gasteiger charge is 2.24. The van der Waals surface area contributed by atoms with Crippen molar-refractivity contribution in [3.05, 3.63) is 53.9 Å². The van der Waals surface area contributed by atoms with Gasteiger partial charge in [0.2, 0.25) is 6.79 Å². The second-order valence-electron chi connectivity index (χ2n) is 6.71. The topological polar surface area (TPSA) is 46.6 Å². The molecule has 1 aromatic carbocycles. The molecule has 2 aliphatic rings. The van der Waals surface area contributed by atoms with Gasteiger partial charge in [0.25, 0.3) is 0 Å². The van der Waals surface area contributed by atoms with Gasteiger partial charge in [-0.15, -0.1) is 0 Å². The highest BCUT2D eigenvalue weighted by molar-refractivity contribution is 5.48. The largest absolute Gasteiger partial charge is 0.454 e. The lowest BCUT2D eigenvalue weighted by atomic mass is 10.0. The molecule has 25 heavy (non-hydrogen) atoms. The summed E-state index contributed by atoms with van der Waals surface area (Å²) in [5.74, 6) is 1.76. The average Bonchev–Trinajstić information content (AvgIpc) is 2.97. The van der Waals surface area contributed by atoms with E-state index >= 15 is 0 Å². The number of ether oxygens (including phenoxy) is 2. The molecule has 0 unspecified atom stereocenters. The molecule has 0 aliphatic carbocycles. The van der Waals surface area contributed by atoms with Crippen LogP contribution in [0.4, 0.5) is 0 Å². The second kappa shape index (κ2) is 7.85. The molecule has 1 fully saturated rings. The van der Waals surface area contributed by atoms with E-state index in [2.05, 4.69) is 39.5 Å². The van der Waals surface area contributed by atoms with Crippen LogP contribution in [0.1, 0.15) is 30.5 Å². The zero-order chi connectivity index (χ0) is 16.9. The molecule has 0 radical (unpaired) electrons. The van der Waals surface area contributed by atoms with Gasteiger partial charge in [0.05, 0.1) is 5.69 Å². The van der Waals surface area contributed by atoms with Crippen LogP contribution in [0.5, 0.6) is 11.5 Å². The maximum Gasteiger partial charge on any atom is 0.231 e. The minimum Gasteiger partial charge on any atom is -0.454 e. The molecule has 5 heteroatoms. The van der Waals surface area contributed by atoms with E-state index in [4.69, 9.17) is 9.47 Å². The highest BCUT2D eigenvalue weighted by atomic mass is 16.7. The summed E-state index contributed by atoms with van der Waals surface area (Å²) in [7, 11) is 0. The first-order valence-corrected chi connectivity index (χ1v) is 9.12. The van der Waals surface area contributed by atoms with E-state index < -0.39 is 0 Å². The summed E-state index contributed by atoms with van der Waals surface area (Å²) in [5, 5.41) is 3.51. The van der Waals surface area contributed by atoms with Crippen molar-refractivity contribution in [3.8, 4) is 11.5 Å². The Labute approximate surface area is 149 Å². The number of nitrogens with one attached hydrogen (secondary N) is 1. The second-order valence-corrected chi connectivity index (χ2v) is 6.71. The standard InChI is InChI=1S/C20H25N3O2/c1-2-11-22-17(6-1)14-23(18-7-4-10-21-12-9-18)13-16-5-3-8-19-20(16)25-15-24-19/h1-3,5-6,8,11,18,21H,4,7,9-10,12-15H2/t18-/m0/s1. The van der Waals surface area contributed by atoms with Gasteiger partial charge >= 0.3 is 0 Å². The van der Waals surface area contributed by atoms with Gasteiger partial charge in [-0.1, -0.05) is 18.2 Å². The zero-order valence-corrected chi connectivity index (χ0v) is 14.5. The van der Waals surface area contributed by atoms with E-state index in [-0.39, 0.29) is 0 Å². The van der Waals surface area contributed by atoms with Crippen molar-refractivity contribution < 1.29 is 9.47 Å². The van der Waals surface area contributed by atoms with Crippen LogP contribution in [0.25, 0.3) is 0 Å². The van der Waals surface area contributed by atoms with Gasteiger partial charge in [-0.2, -0.15) is 0 Å². The Hall–Kier alpha value is -2.11. The maximum atomic E-state index is 5.72. The van der Waals surface area contributed by atoms with Crippen molar-refractivity contribution in [2.45, 2.75) is 38.4 Å². The number of aromatic nitrogens is 1. The van der Waals surface area contributed by atoms with Gasteiger partial charge in [0.1, 0.15) is 0 Å². The Balaban J connectivity index is 1.57. The normalized spacial score (nSPS) is 19.8. The van der Waals surface area contributed by atoms with Gasteiger partial charge in [-0.05, 0) is 50.6 Å². The zero-order valence-electron chi connectivity index (χ0n) is 14.5. The summed E-state index contributed by atoms with van der Waals surface area (Å²) in [5.41, 5.74) is 2.31. The lowest BCUT2D eigenvalue weighted by Gasteiger charge is -2.31. The number of para-hydroxylation sites is 1. The molecular weight excluding hydrogens is 314 g/mol. The van der Waals surface area contributed by atoms with E-state index in [0.717, 1.165) is 43.4 Å². The molecule has 0 bridgehead atoms. The molecule has 3 heterocycles. The Morgan fingerprint density at radius 3 is 2.96 bits per heavy atom. The van der Waals surface area contributed by atoms with Crippen LogP contribution in [0, 0.1) is 0 Å². The number of fused-ring (bicyclic) bond motifs is 1. The summed E-state index contributed by atoms with van der Waals surface area (Å²) in [6.45, 7) is 4.23. The molecule has 132 valence electrons. The number of rotatable bonds is 5. The number of pyridine rings is 1. The average molecular weight is 339 g/mol. The van der Waals surface area contributed by atoms with Crippen LogP contribution in [0.2, 0.25) is 0 Å². The third-order valence-corrected chi connectivity index (χ3v) is 5.00. The third-order valence-electron chi connectivity index (χ3n) is 5.00. The first kappa shape index (κ1) is 16.4. The van der Waals surface area contributed by atoms with Crippen LogP contribution in [0.3, 0.4) is 0 Å². The monoisotopic (exact) mass is 339 g/mol. The number of nitrogens with zero attached hydrogens (tertiary/aromatic N) is 2. The molecule has 4 rings (SSSR count). The molecule has 5 nitrogen and oxygen atoms in total. The molecule has 1 N–H and O–H groups in total. The van der Waals surface area contributed by atoms with Crippen LogP contribution in [-0.4, -0.2) is 35.8 Å². The molecule has 2 aromatic rings. The first-order valence-electron chi connectivity index (χ1n) is 9.12. The van der Waals surface area contributed by atoms with E-state index in [1.807, 2.05) is 18.3 Å². The van der Waals surface area contributed by atoms with Crippen molar-refractivity contribution >= 4 is 0 Å². The molecule has 1 aromatic heterocycles. The van der Waals surface area contributed by atoms with Gasteiger partial charge in [0.15, 0.2) is 11.5 Å². The Kier molecular flexibility index (Phi) is 5.14. The van der Waals surface area contributed by atoms with Gasteiger partial charge in [0, 0.05) is 30.9 Å². The minimum absolute atomic E-state index is 0.319. The van der Waals surface area contributed by atoms with Crippen molar-refractivity contribution in [2.24, 2.45) is 0 Å². The predicted molar refractivity (Wildman–Crippen MR) is 96.6 cm³/mol. The van der Waals surface area contributed by atoms with Crippen molar-refractivity contribution in [2.75, 3.05) is 19.9 Å². The summed E-state index contributed by atoms with van der Waals surface area (Å²) in [4.78, 5) is 7.09. The molecule has 1 atom stereocenters. The van der Waals surface area contributed by atoms with Crippen LogP contribution in [-0.2, 0) is 13.1 Å². The van der Waals surface area contributed by atoms with Crippen LogP contribution >= 0.6 is 0 Å². The molecule has 0 spiro atoms. The van der Waals surface area contributed by atoms with E-state index in [1.165, 1.54) is 24.8 Å². The summed E-state index contributed by atoms with van der Waals surface area (Å²) in [6, 6.07) is 12.9. The summed E-state index contributed by atoms with van der Waals surface area (Å²) >= 11 is 0. The Morgan fingerprint density at radius 1 is 1.04 bits per heavy atom. The minimum atomic E-state index is 0.319. The SMILES string of the molecule is c1ccc(CN(Cc2cccc3c2OCO3)[C@H]2CCCNCC2)nc1. The smallest absolute Gasteiger partial charge is 0.231 e. The summed E-state index contributed by atoms with van der Waals surface area (Å²) in [6.07, 6.45) is 5.47. The van der Waals surface area contributed by atoms with Crippen molar-refractivity contribution in [1.82, 2.24) is 15.2 Å². The lowest BCUT2D eigenvalue weighted by Crippen LogP contribution is -2.35. The van der Waals surface area contributed by atoms with Crippen LogP contribution in [0.15, 0.2) is 42.6 Å². The predicted octanol–water partition coefficient (Wildman–Crippen LogP) is 2.95. The van der Waals surface area contributed by atoms with E-state index in [9.17, 15) is 0 Å².